The average molecular weight is 212 g/mol. The average Bonchev–Trinajstić information content (AvgIpc) is 3.06. The van der Waals surface area contributed by atoms with Crippen LogP contribution in [0, 0.1) is 5.92 Å². The predicted octanol–water partition coefficient (Wildman–Crippen LogP) is 1.22. The first-order valence-corrected chi connectivity index (χ1v) is 6.40. The summed E-state index contributed by atoms with van der Waals surface area (Å²) in [6, 6.07) is 0.660. The first-order chi connectivity index (χ1) is 7.35. The fourth-order valence-electron chi connectivity index (χ4n) is 2.73. The molecule has 0 bridgehead atoms. The van der Waals surface area contributed by atoms with Gasteiger partial charge in [-0.25, -0.2) is 0 Å². The summed E-state index contributed by atoms with van der Waals surface area (Å²) in [6.07, 6.45) is 5.68. The summed E-state index contributed by atoms with van der Waals surface area (Å²) in [5.41, 5.74) is 5.86. The summed E-state index contributed by atoms with van der Waals surface area (Å²) in [5, 5.41) is 0. The SMILES string of the molecule is CCOC1CCN(C(CN)C2CC2)CC1. The van der Waals surface area contributed by atoms with Crippen molar-refractivity contribution in [1.82, 2.24) is 4.90 Å². The normalized spacial score (nSPS) is 26.8. The van der Waals surface area contributed by atoms with Gasteiger partial charge in [0.1, 0.15) is 0 Å². The van der Waals surface area contributed by atoms with E-state index in [0.717, 1.165) is 19.1 Å². The minimum absolute atomic E-state index is 0.504. The maximum Gasteiger partial charge on any atom is 0.0599 e. The summed E-state index contributed by atoms with van der Waals surface area (Å²) in [5.74, 6) is 0.902. The lowest BCUT2D eigenvalue weighted by atomic mass is 10.0. The van der Waals surface area contributed by atoms with Crippen LogP contribution in [0.25, 0.3) is 0 Å². The number of hydrogen-bond acceptors (Lipinski definition) is 3. The van der Waals surface area contributed by atoms with Crippen LogP contribution in [0.4, 0.5) is 0 Å². The van der Waals surface area contributed by atoms with E-state index in [0.29, 0.717) is 12.1 Å². The van der Waals surface area contributed by atoms with Gasteiger partial charge in [-0.05, 0) is 38.5 Å². The molecule has 2 fully saturated rings. The molecule has 2 aliphatic rings. The lowest BCUT2D eigenvalue weighted by Crippen LogP contribution is -2.47. The van der Waals surface area contributed by atoms with Crippen molar-refractivity contribution in [2.45, 2.75) is 44.8 Å². The van der Waals surface area contributed by atoms with Crippen LogP contribution in [0.5, 0.6) is 0 Å². The minimum atomic E-state index is 0.504. The molecule has 3 nitrogen and oxygen atoms in total. The summed E-state index contributed by atoms with van der Waals surface area (Å²) < 4.78 is 5.66. The van der Waals surface area contributed by atoms with Crippen LogP contribution in [-0.2, 0) is 4.74 Å². The zero-order chi connectivity index (χ0) is 10.7. The van der Waals surface area contributed by atoms with Crippen molar-refractivity contribution in [3.8, 4) is 0 Å². The second kappa shape index (κ2) is 5.28. The molecular weight excluding hydrogens is 188 g/mol. The highest BCUT2D eigenvalue weighted by Crippen LogP contribution is 2.35. The smallest absolute Gasteiger partial charge is 0.0599 e. The number of rotatable bonds is 5. The third kappa shape index (κ3) is 2.92. The lowest BCUT2D eigenvalue weighted by molar-refractivity contribution is 0.00240. The molecule has 0 aromatic rings. The lowest BCUT2D eigenvalue weighted by Gasteiger charge is -2.37. The Labute approximate surface area is 93.0 Å². The van der Waals surface area contributed by atoms with Gasteiger partial charge in [-0.3, -0.25) is 4.90 Å². The van der Waals surface area contributed by atoms with Crippen LogP contribution in [0.3, 0.4) is 0 Å². The quantitative estimate of drug-likeness (QED) is 0.745. The number of hydrogen-bond donors (Lipinski definition) is 1. The van der Waals surface area contributed by atoms with Crippen molar-refractivity contribution in [3.05, 3.63) is 0 Å². The van der Waals surface area contributed by atoms with Crippen molar-refractivity contribution in [2.24, 2.45) is 11.7 Å². The molecule has 88 valence electrons. The highest BCUT2D eigenvalue weighted by molar-refractivity contribution is 4.90. The Bertz CT molecular complexity index is 186. The van der Waals surface area contributed by atoms with Gasteiger partial charge >= 0.3 is 0 Å². The number of ether oxygens (including phenoxy) is 1. The largest absolute Gasteiger partial charge is 0.378 e. The van der Waals surface area contributed by atoms with Crippen LogP contribution >= 0.6 is 0 Å². The molecule has 1 unspecified atom stereocenters. The summed E-state index contributed by atoms with van der Waals surface area (Å²) in [7, 11) is 0. The van der Waals surface area contributed by atoms with E-state index in [1.807, 2.05) is 0 Å². The molecule has 1 saturated carbocycles. The van der Waals surface area contributed by atoms with E-state index in [4.69, 9.17) is 10.5 Å². The molecule has 1 aliphatic carbocycles. The monoisotopic (exact) mass is 212 g/mol. The van der Waals surface area contributed by atoms with Crippen LogP contribution in [0.2, 0.25) is 0 Å². The molecule has 0 aromatic carbocycles. The first kappa shape index (κ1) is 11.4. The number of likely N-dealkylation sites (tertiary alicyclic amines) is 1. The van der Waals surface area contributed by atoms with Crippen molar-refractivity contribution >= 4 is 0 Å². The Morgan fingerprint density at radius 3 is 2.40 bits per heavy atom. The molecule has 0 aromatic heterocycles. The van der Waals surface area contributed by atoms with Gasteiger partial charge in [0, 0.05) is 32.3 Å². The second-order valence-corrected chi connectivity index (χ2v) is 4.83. The van der Waals surface area contributed by atoms with Gasteiger partial charge in [-0.2, -0.15) is 0 Å². The maximum atomic E-state index is 5.86. The molecule has 0 spiro atoms. The summed E-state index contributed by atoms with van der Waals surface area (Å²) in [6.45, 7) is 6.14. The Hall–Kier alpha value is -0.120. The first-order valence-electron chi connectivity index (χ1n) is 6.40. The molecule has 1 heterocycles. The number of nitrogens with zero attached hydrogens (tertiary/aromatic N) is 1. The van der Waals surface area contributed by atoms with E-state index in [-0.39, 0.29) is 0 Å². The standard InChI is InChI=1S/C12H24N2O/c1-2-15-11-5-7-14(8-6-11)12(9-13)10-3-4-10/h10-12H,2-9,13H2,1H3. The number of piperidine rings is 1. The topological polar surface area (TPSA) is 38.5 Å². The van der Waals surface area contributed by atoms with Gasteiger partial charge in [0.25, 0.3) is 0 Å². The Kier molecular flexibility index (Phi) is 4.00. The molecule has 1 atom stereocenters. The van der Waals surface area contributed by atoms with E-state index < -0.39 is 0 Å². The second-order valence-electron chi connectivity index (χ2n) is 4.83. The maximum absolute atomic E-state index is 5.86. The van der Waals surface area contributed by atoms with Crippen LogP contribution in [0.1, 0.15) is 32.6 Å². The van der Waals surface area contributed by atoms with Gasteiger partial charge in [0.05, 0.1) is 6.10 Å². The molecule has 1 saturated heterocycles. The van der Waals surface area contributed by atoms with E-state index >= 15 is 0 Å². The Balaban J connectivity index is 1.76. The molecule has 0 amide bonds. The Morgan fingerprint density at radius 2 is 1.93 bits per heavy atom. The van der Waals surface area contributed by atoms with Crippen molar-refractivity contribution < 1.29 is 4.74 Å². The Morgan fingerprint density at radius 1 is 1.27 bits per heavy atom. The third-order valence-electron chi connectivity index (χ3n) is 3.76. The van der Waals surface area contributed by atoms with Crippen molar-refractivity contribution in [1.29, 1.82) is 0 Å². The van der Waals surface area contributed by atoms with E-state index in [1.54, 1.807) is 0 Å². The van der Waals surface area contributed by atoms with Gasteiger partial charge in [0.2, 0.25) is 0 Å². The number of nitrogens with two attached hydrogens (primary N) is 1. The minimum Gasteiger partial charge on any atom is -0.378 e. The van der Waals surface area contributed by atoms with E-state index in [1.165, 1.54) is 38.8 Å². The molecule has 0 radical (unpaired) electrons. The fraction of sp³-hybridized carbons (Fsp3) is 1.00. The van der Waals surface area contributed by atoms with Gasteiger partial charge in [0.15, 0.2) is 0 Å². The molecule has 2 rings (SSSR count). The molecule has 3 heteroatoms. The van der Waals surface area contributed by atoms with Gasteiger partial charge < -0.3 is 10.5 Å². The summed E-state index contributed by atoms with van der Waals surface area (Å²) >= 11 is 0. The van der Waals surface area contributed by atoms with Crippen molar-refractivity contribution in [3.63, 3.8) is 0 Å². The van der Waals surface area contributed by atoms with Crippen molar-refractivity contribution in [2.75, 3.05) is 26.2 Å². The molecule has 2 N–H and O–H groups in total. The molecule has 15 heavy (non-hydrogen) atoms. The van der Waals surface area contributed by atoms with Gasteiger partial charge in [-0.1, -0.05) is 0 Å². The fourth-order valence-corrected chi connectivity index (χ4v) is 2.73. The van der Waals surface area contributed by atoms with Crippen LogP contribution in [0.15, 0.2) is 0 Å². The van der Waals surface area contributed by atoms with E-state index in [9.17, 15) is 0 Å². The zero-order valence-corrected chi connectivity index (χ0v) is 9.82. The predicted molar refractivity (Wildman–Crippen MR) is 61.8 cm³/mol. The van der Waals surface area contributed by atoms with Gasteiger partial charge in [-0.15, -0.1) is 0 Å². The molecule has 1 aliphatic heterocycles. The summed E-state index contributed by atoms with van der Waals surface area (Å²) in [4.78, 5) is 2.59. The van der Waals surface area contributed by atoms with Crippen LogP contribution < -0.4 is 5.73 Å². The van der Waals surface area contributed by atoms with E-state index in [2.05, 4.69) is 11.8 Å². The molecular formula is C12H24N2O. The highest BCUT2D eigenvalue weighted by atomic mass is 16.5. The third-order valence-corrected chi connectivity index (χ3v) is 3.76. The zero-order valence-electron chi connectivity index (χ0n) is 9.82. The van der Waals surface area contributed by atoms with Crippen LogP contribution in [-0.4, -0.2) is 43.3 Å². The highest BCUT2D eigenvalue weighted by Gasteiger charge is 2.35.